The second-order valence-corrected chi connectivity index (χ2v) is 7.46. The molecule has 4 rings (SSSR count). The van der Waals surface area contributed by atoms with Crippen molar-refractivity contribution < 1.29 is 18.8 Å². The highest BCUT2D eigenvalue weighted by atomic mass is 35.5. The molecule has 0 bridgehead atoms. The molecule has 1 spiro atoms. The fourth-order valence-electron chi connectivity index (χ4n) is 3.77. The SMILES string of the molecule is O=C(CN1C(=O)NC2(CCc3ccccc3C2)C1=O)Nc1cc(Cl)ccc1F. The fraction of sp³-hybridized carbons (Fsp3) is 0.250. The zero-order chi connectivity index (χ0) is 19.9. The predicted molar refractivity (Wildman–Crippen MR) is 101 cm³/mol. The smallest absolute Gasteiger partial charge is 0.323 e. The largest absolute Gasteiger partial charge is 0.325 e. The minimum atomic E-state index is -1.03. The lowest BCUT2D eigenvalue weighted by molar-refractivity contribution is -0.134. The van der Waals surface area contributed by atoms with Gasteiger partial charge in [0.1, 0.15) is 17.9 Å². The Morgan fingerprint density at radius 1 is 1.21 bits per heavy atom. The van der Waals surface area contributed by atoms with Gasteiger partial charge in [-0.3, -0.25) is 14.5 Å². The van der Waals surface area contributed by atoms with E-state index in [-0.39, 0.29) is 10.7 Å². The molecule has 8 heteroatoms. The van der Waals surface area contributed by atoms with Gasteiger partial charge in [-0.05, 0) is 42.2 Å². The molecule has 2 aromatic rings. The molecule has 144 valence electrons. The van der Waals surface area contributed by atoms with E-state index in [2.05, 4.69) is 10.6 Å². The van der Waals surface area contributed by atoms with Gasteiger partial charge in [0.2, 0.25) is 5.91 Å². The van der Waals surface area contributed by atoms with E-state index in [1.54, 1.807) is 0 Å². The van der Waals surface area contributed by atoms with E-state index in [1.807, 2.05) is 24.3 Å². The van der Waals surface area contributed by atoms with Crippen molar-refractivity contribution in [1.82, 2.24) is 10.2 Å². The molecule has 0 radical (unpaired) electrons. The van der Waals surface area contributed by atoms with Crippen LogP contribution in [0.2, 0.25) is 5.02 Å². The first-order valence-electron chi connectivity index (χ1n) is 8.84. The molecule has 0 saturated carbocycles. The molecule has 0 aromatic heterocycles. The number of urea groups is 1. The van der Waals surface area contributed by atoms with Crippen LogP contribution >= 0.6 is 11.6 Å². The summed E-state index contributed by atoms with van der Waals surface area (Å²) >= 11 is 5.81. The minimum absolute atomic E-state index is 0.106. The van der Waals surface area contributed by atoms with Crippen LogP contribution in [-0.2, 0) is 22.4 Å². The van der Waals surface area contributed by atoms with Gasteiger partial charge in [-0.1, -0.05) is 35.9 Å². The third kappa shape index (κ3) is 3.22. The number of hydrogen-bond acceptors (Lipinski definition) is 3. The molecule has 2 aliphatic rings. The van der Waals surface area contributed by atoms with Crippen molar-refractivity contribution in [3.63, 3.8) is 0 Å². The normalized spacial score (nSPS) is 20.9. The molecule has 6 nitrogen and oxygen atoms in total. The van der Waals surface area contributed by atoms with Gasteiger partial charge in [0.15, 0.2) is 0 Å². The highest BCUT2D eigenvalue weighted by molar-refractivity contribution is 6.30. The number of anilines is 1. The van der Waals surface area contributed by atoms with Crippen molar-refractivity contribution in [1.29, 1.82) is 0 Å². The molecule has 1 saturated heterocycles. The Kier molecular flexibility index (Phi) is 4.55. The summed E-state index contributed by atoms with van der Waals surface area (Å²) < 4.78 is 13.8. The molecule has 28 heavy (non-hydrogen) atoms. The van der Waals surface area contributed by atoms with Gasteiger partial charge in [-0.15, -0.1) is 0 Å². The van der Waals surface area contributed by atoms with Crippen molar-refractivity contribution in [2.75, 3.05) is 11.9 Å². The summed E-state index contributed by atoms with van der Waals surface area (Å²) in [5.41, 5.74) is 1.02. The second kappa shape index (κ2) is 6.91. The van der Waals surface area contributed by atoms with Crippen molar-refractivity contribution in [3.05, 3.63) is 64.4 Å². The summed E-state index contributed by atoms with van der Waals surface area (Å²) in [7, 11) is 0. The first-order valence-corrected chi connectivity index (χ1v) is 9.21. The van der Waals surface area contributed by atoms with Gasteiger partial charge in [0.25, 0.3) is 5.91 Å². The fourth-order valence-corrected chi connectivity index (χ4v) is 3.94. The Labute approximate surface area is 165 Å². The topological polar surface area (TPSA) is 78.5 Å². The Morgan fingerprint density at radius 3 is 2.75 bits per heavy atom. The number of aryl methyl sites for hydroxylation is 1. The highest BCUT2D eigenvalue weighted by Gasteiger charge is 2.52. The zero-order valence-corrected chi connectivity index (χ0v) is 15.6. The van der Waals surface area contributed by atoms with E-state index >= 15 is 0 Å². The van der Waals surface area contributed by atoms with Gasteiger partial charge < -0.3 is 10.6 Å². The van der Waals surface area contributed by atoms with Crippen LogP contribution in [0.25, 0.3) is 0 Å². The van der Waals surface area contributed by atoms with E-state index < -0.39 is 35.7 Å². The first kappa shape index (κ1) is 18.4. The van der Waals surface area contributed by atoms with E-state index in [1.165, 1.54) is 12.1 Å². The van der Waals surface area contributed by atoms with Crippen molar-refractivity contribution in [2.45, 2.75) is 24.8 Å². The summed E-state index contributed by atoms with van der Waals surface area (Å²) in [5, 5.41) is 5.37. The summed E-state index contributed by atoms with van der Waals surface area (Å²) in [6.45, 7) is -0.500. The maximum Gasteiger partial charge on any atom is 0.325 e. The summed E-state index contributed by atoms with van der Waals surface area (Å²) in [4.78, 5) is 38.6. The number of nitrogens with zero attached hydrogens (tertiary/aromatic N) is 1. The van der Waals surface area contributed by atoms with E-state index in [0.717, 1.165) is 22.1 Å². The number of carbonyl (C=O) groups excluding carboxylic acids is 3. The number of fused-ring (bicyclic) bond motifs is 1. The van der Waals surface area contributed by atoms with Crippen LogP contribution in [0.5, 0.6) is 0 Å². The molecule has 1 heterocycles. The van der Waals surface area contributed by atoms with Crippen LogP contribution in [0.15, 0.2) is 42.5 Å². The van der Waals surface area contributed by atoms with Gasteiger partial charge in [0.05, 0.1) is 5.69 Å². The number of nitrogens with one attached hydrogen (secondary N) is 2. The summed E-state index contributed by atoms with van der Waals surface area (Å²) in [6.07, 6.45) is 1.51. The number of benzene rings is 2. The van der Waals surface area contributed by atoms with Crippen LogP contribution < -0.4 is 10.6 Å². The van der Waals surface area contributed by atoms with Gasteiger partial charge in [-0.2, -0.15) is 0 Å². The monoisotopic (exact) mass is 401 g/mol. The van der Waals surface area contributed by atoms with Crippen molar-refractivity contribution in [2.24, 2.45) is 0 Å². The van der Waals surface area contributed by atoms with E-state index in [4.69, 9.17) is 11.6 Å². The zero-order valence-electron chi connectivity index (χ0n) is 14.8. The van der Waals surface area contributed by atoms with Crippen LogP contribution in [0.3, 0.4) is 0 Å². The molecule has 1 atom stereocenters. The molecule has 2 N–H and O–H groups in total. The van der Waals surface area contributed by atoms with Crippen molar-refractivity contribution in [3.8, 4) is 0 Å². The van der Waals surface area contributed by atoms with Crippen LogP contribution in [0, 0.1) is 5.82 Å². The van der Waals surface area contributed by atoms with Crippen LogP contribution in [0.1, 0.15) is 17.5 Å². The van der Waals surface area contributed by atoms with E-state index in [9.17, 15) is 18.8 Å². The number of rotatable bonds is 3. The number of imide groups is 1. The Morgan fingerprint density at radius 2 is 1.96 bits per heavy atom. The molecule has 2 aromatic carbocycles. The molecular formula is C20H17ClFN3O3. The highest BCUT2D eigenvalue weighted by Crippen LogP contribution is 2.33. The average molecular weight is 402 g/mol. The maximum atomic E-state index is 13.8. The molecule has 1 fully saturated rings. The molecular weight excluding hydrogens is 385 g/mol. The molecule has 1 unspecified atom stereocenters. The van der Waals surface area contributed by atoms with Crippen LogP contribution in [-0.4, -0.2) is 34.8 Å². The second-order valence-electron chi connectivity index (χ2n) is 7.02. The quantitative estimate of drug-likeness (QED) is 0.776. The Hall–Kier alpha value is -2.93. The predicted octanol–water partition coefficient (Wildman–Crippen LogP) is 2.90. The van der Waals surface area contributed by atoms with E-state index in [0.29, 0.717) is 19.3 Å². The maximum absolute atomic E-state index is 13.8. The lowest BCUT2D eigenvalue weighted by atomic mass is 9.78. The number of halogens is 2. The molecule has 1 aliphatic carbocycles. The molecule has 4 amide bonds. The Balaban J connectivity index is 1.49. The first-order chi connectivity index (χ1) is 13.4. The third-order valence-corrected chi connectivity index (χ3v) is 5.42. The van der Waals surface area contributed by atoms with Gasteiger partial charge in [0, 0.05) is 11.4 Å². The average Bonchev–Trinajstić information content (AvgIpc) is 2.88. The van der Waals surface area contributed by atoms with Crippen molar-refractivity contribution >= 4 is 35.1 Å². The lowest BCUT2D eigenvalue weighted by Crippen LogP contribution is -2.51. The van der Waals surface area contributed by atoms with Gasteiger partial charge in [-0.25, -0.2) is 9.18 Å². The number of amides is 4. The third-order valence-electron chi connectivity index (χ3n) is 5.18. The van der Waals surface area contributed by atoms with Gasteiger partial charge >= 0.3 is 6.03 Å². The minimum Gasteiger partial charge on any atom is -0.323 e. The lowest BCUT2D eigenvalue weighted by Gasteiger charge is -2.32. The summed E-state index contributed by atoms with van der Waals surface area (Å²) in [5.74, 6) is -1.78. The summed E-state index contributed by atoms with van der Waals surface area (Å²) in [6, 6.07) is 10.9. The standard InChI is InChI=1S/C20H17ClFN3O3/c21-14-5-6-15(22)16(9-14)23-17(26)11-25-18(27)20(24-19(25)28)8-7-12-3-1-2-4-13(12)10-20/h1-6,9H,7-8,10-11H2,(H,23,26)(H,24,28). The number of carbonyl (C=O) groups is 3. The van der Waals surface area contributed by atoms with Crippen LogP contribution in [0.4, 0.5) is 14.9 Å². The Bertz CT molecular complexity index is 996. The molecule has 1 aliphatic heterocycles. The number of hydrogen-bond donors (Lipinski definition) is 2.